The summed E-state index contributed by atoms with van der Waals surface area (Å²) in [5, 5.41) is 0. The zero-order valence-corrected chi connectivity index (χ0v) is 12.8. The van der Waals surface area contributed by atoms with Crippen molar-refractivity contribution in [3.05, 3.63) is 35.4 Å². The third-order valence-electron chi connectivity index (χ3n) is 4.80. The van der Waals surface area contributed by atoms with Gasteiger partial charge in [0.15, 0.2) is 0 Å². The summed E-state index contributed by atoms with van der Waals surface area (Å²) in [7, 11) is 0. The fraction of sp³-hybridized carbons (Fsp3) is 0.647. The summed E-state index contributed by atoms with van der Waals surface area (Å²) < 4.78 is 37.7. The zero-order valence-electron chi connectivity index (χ0n) is 12.8. The molecule has 1 aromatic rings. The van der Waals surface area contributed by atoms with Gasteiger partial charge in [-0.05, 0) is 43.4 Å². The van der Waals surface area contributed by atoms with E-state index in [1.807, 2.05) is 0 Å². The first-order chi connectivity index (χ1) is 10.5. The molecule has 1 aromatic carbocycles. The van der Waals surface area contributed by atoms with E-state index in [2.05, 4.69) is 29.2 Å². The van der Waals surface area contributed by atoms with Crippen LogP contribution in [0.15, 0.2) is 24.3 Å². The summed E-state index contributed by atoms with van der Waals surface area (Å²) in [5.41, 5.74) is 2.80. The number of nitrogens with zero attached hydrogens (tertiary/aromatic N) is 2. The molecular formula is C17H23F3N2. The lowest BCUT2D eigenvalue weighted by Crippen LogP contribution is -2.38. The van der Waals surface area contributed by atoms with Crippen LogP contribution in [0.25, 0.3) is 0 Å². The van der Waals surface area contributed by atoms with Gasteiger partial charge in [0, 0.05) is 25.7 Å². The van der Waals surface area contributed by atoms with Crippen LogP contribution >= 0.6 is 0 Å². The van der Waals surface area contributed by atoms with Crippen LogP contribution in [0, 0.1) is 0 Å². The molecule has 1 atom stereocenters. The summed E-state index contributed by atoms with van der Waals surface area (Å²) in [6.45, 7) is 1.91. The van der Waals surface area contributed by atoms with Crippen LogP contribution in [-0.2, 0) is 6.42 Å². The second-order valence-electron chi connectivity index (χ2n) is 6.39. The Morgan fingerprint density at radius 1 is 1.00 bits per heavy atom. The Morgan fingerprint density at radius 2 is 1.82 bits per heavy atom. The SMILES string of the molecule is FC(F)(F)CN1CCCN(C2CCCc3ccccc32)CC1. The molecule has 1 unspecified atom stereocenters. The van der Waals surface area contributed by atoms with Crippen molar-refractivity contribution in [1.82, 2.24) is 9.80 Å². The van der Waals surface area contributed by atoms with Gasteiger partial charge < -0.3 is 0 Å². The van der Waals surface area contributed by atoms with Crippen LogP contribution in [0.3, 0.4) is 0 Å². The summed E-state index contributed by atoms with van der Waals surface area (Å²) in [5.74, 6) is 0. The lowest BCUT2D eigenvalue weighted by molar-refractivity contribution is -0.145. The van der Waals surface area contributed by atoms with Crippen molar-refractivity contribution in [2.45, 2.75) is 37.9 Å². The largest absolute Gasteiger partial charge is 0.401 e. The summed E-state index contributed by atoms with van der Waals surface area (Å²) in [6, 6.07) is 8.92. The van der Waals surface area contributed by atoms with E-state index >= 15 is 0 Å². The number of hydrogen-bond donors (Lipinski definition) is 0. The Hall–Kier alpha value is -1.07. The smallest absolute Gasteiger partial charge is 0.295 e. The van der Waals surface area contributed by atoms with E-state index in [9.17, 15) is 13.2 Å². The van der Waals surface area contributed by atoms with Crippen molar-refractivity contribution in [3.8, 4) is 0 Å². The average Bonchev–Trinajstić information content (AvgIpc) is 2.70. The number of benzene rings is 1. The molecule has 0 amide bonds. The standard InChI is InChI=1S/C17H23F3N2/c18-17(19,20)13-21-9-4-10-22(12-11-21)16-8-3-6-14-5-1-2-7-15(14)16/h1-2,5,7,16H,3-4,6,8-13H2. The summed E-state index contributed by atoms with van der Waals surface area (Å²) in [6.07, 6.45) is 0.142. The van der Waals surface area contributed by atoms with Gasteiger partial charge in [0.2, 0.25) is 0 Å². The maximum absolute atomic E-state index is 12.6. The van der Waals surface area contributed by atoms with Crippen LogP contribution in [0.5, 0.6) is 0 Å². The van der Waals surface area contributed by atoms with Gasteiger partial charge in [-0.25, -0.2) is 0 Å². The summed E-state index contributed by atoms with van der Waals surface area (Å²) >= 11 is 0. The number of fused-ring (bicyclic) bond motifs is 1. The third kappa shape index (κ3) is 3.82. The Morgan fingerprint density at radius 3 is 2.64 bits per heavy atom. The quantitative estimate of drug-likeness (QED) is 0.823. The number of rotatable bonds is 2. The fourth-order valence-corrected chi connectivity index (χ4v) is 3.82. The lowest BCUT2D eigenvalue weighted by Gasteiger charge is -2.35. The van der Waals surface area contributed by atoms with Crippen molar-refractivity contribution in [2.75, 3.05) is 32.7 Å². The van der Waals surface area contributed by atoms with Crippen molar-refractivity contribution in [1.29, 1.82) is 0 Å². The van der Waals surface area contributed by atoms with Gasteiger partial charge in [-0.3, -0.25) is 9.80 Å². The lowest BCUT2D eigenvalue weighted by atomic mass is 9.87. The molecule has 22 heavy (non-hydrogen) atoms. The van der Waals surface area contributed by atoms with Gasteiger partial charge in [-0.15, -0.1) is 0 Å². The van der Waals surface area contributed by atoms with Crippen LogP contribution in [0.2, 0.25) is 0 Å². The molecule has 0 bridgehead atoms. The van der Waals surface area contributed by atoms with Gasteiger partial charge in [-0.1, -0.05) is 24.3 Å². The first kappa shape index (κ1) is 15.8. The number of halogens is 3. The van der Waals surface area contributed by atoms with Crippen LogP contribution in [0.4, 0.5) is 13.2 Å². The second kappa shape index (κ2) is 6.59. The minimum atomic E-state index is -4.09. The minimum Gasteiger partial charge on any atom is -0.295 e. The molecule has 0 aromatic heterocycles. The number of aryl methyl sites for hydroxylation is 1. The van der Waals surface area contributed by atoms with E-state index in [1.54, 1.807) is 4.90 Å². The van der Waals surface area contributed by atoms with E-state index < -0.39 is 12.7 Å². The molecule has 5 heteroatoms. The molecule has 3 rings (SSSR count). The first-order valence-corrected chi connectivity index (χ1v) is 8.14. The van der Waals surface area contributed by atoms with Crippen molar-refractivity contribution in [3.63, 3.8) is 0 Å². The first-order valence-electron chi connectivity index (χ1n) is 8.14. The van der Waals surface area contributed by atoms with Crippen molar-refractivity contribution < 1.29 is 13.2 Å². The molecular weight excluding hydrogens is 289 g/mol. The van der Waals surface area contributed by atoms with Crippen molar-refractivity contribution in [2.24, 2.45) is 0 Å². The molecule has 1 saturated heterocycles. The van der Waals surface area contributed by atoms with Gasteiger partial charge in [0.1, 0.15) is 0 Å². The van der Waals surface area contributed by atoms with E-state index in [1.165, 1.54) is 17.5 Å². The monoisotopic (exact) mass is 312 g/mol. The van der Waals surface area contributed by atoms with Crippen LogP contribution < -0.4 is 0 Å². The predicted octanol–water partition coefficient (Wildman–Crippen LogP) is 3.63. The zero-order chi connectivity index (χ0) is 15.6. The molecule has 0 spiro atoms. The highest BCUT2D eigenvalue weighted by atomic mass is 19.4. The van der Waals surface area contributed by atoms with E-state index in [0.717, 1.165) is 32.4 Å². The van der Waals surface area contributed by atoms with Gasteiger partial charge in [0.25, 0.3) is 0 Å². The topological polar surface area (TPSA) is 6.48 Å². The Kier molecular flexibility index (Phi) is 4.73. The second-order valence-corrected chi connectivity index (χ2v) is 6.39. The molecule has 0 saturated carbocycles. The molecule has 0 N–H and O–H groups in total. The molecule has 2 nitrogen and oxygen atoms in total. The van der Waals surface area contributed by atoms with E-state index in [0.29, 0.717) is 19.1 Å². The van der Waals surface area contributed by atoms with E-state index in [-0.39, 0.29) is 0 Å². The third-order valence-corrected chi connectivity index (χ3v) is 4.80. The normalized spacial score (nSPS) is 24.8. The van der Waals surface area contributed by atoms with Crippen molar-refractivity contribution >= 4 is 0 Å². The van der Waals surface area contributed by atoms with Gasteiger partial charge >= 0.3 is 6.18 Å². The maximum Gasteiger partial charge on any atom is 0.401 e. The fourth-order valence-electron chi connectivity index (χ4n) is 3.82. The summed E-state index contributed by atoms with van der Waals surface area (Å²) in [4.78, 5) is 3.95. The molecule has 2 aliphatic rings. The number of alkyl halides is 3. The molecule has 1 heterocycles. The van der Waals surface area contributed by atoms with E-state index in [4.69, 9.17) is 0 Å². The molecule has 0 radical (unpaired) electrons. The van der Waals surface area contributed by atoms with Crippen LogP contribution in [0.1, 0.15) is 36.4 Å². The molecule has 122 valence electrons. The Balaban J connectivity index is 1.67. The minimum absolute atomic E-state index is 0.385. The highest BCUT2D eigenvalue weighted by Gasteiger charge is 2.33. The molecule has 1 fully saturated rings. The highest BCUT2D eigenvalue weighted by Crippen LogP contribution is 2.34. The van der Waals surface area contributed by atoms with Gasteiger partial charge in [0.05, 0.1) is 6.54 Å². The Bertz CT molecular complexity index is 501. The van der Waals surface area contributed by atoms with Gasteiger partial charge in [-0.2, -0.15) is 13.2 Å². The number of hydrogen-bond acceptors (Lipinski definition) is 2. The van der Waals surface area contributed by atoms with Crippen LogP contribution in [-0.4, -0.2) is 48.7 Å². The average molecular weight is 312 g/mol. The Labute approximate surface area is 129 Å². The highest BCUT2D eigenvalue weighted by molar-refractivity contribution is 5.32. The molecule has 1 aliphatic carbocycles. The maximum atomic E-state index is 12.6. The predicted molar refractivity (Wildman–Crippen MR) is 80.8 cm³/mol. The molecule has 1 aliphatic heterocycles.